The zero-order chi connectivity index (χ0) is 12.3. The third-order valence-electron chi connectivity index (χ3n) is 2.35. The van der Waals surface area contributed by atoms with Crippen molar-refractivity contribution in [3.63, 3.8) is 0 Å². The first kappa shape index (κ1) is 12.3. The van der Waals surface area contributed by atoms with Crippen LogP contribution in [0.3, 0.4) is 0 Å². The van der Waals surface area contributed by atoms with Crippen LogP contribution in [-0.2, 0) is 16.6 Å². The maximum atomic E-state index is 12.2. The van der Waals surface area contributed by atoms with Crippen LogP contribution in [-0.4, -0.2) is 4.21 Å². The predicted molar refractivity (Wildman–Crippen MR) is 75.1 cm³/mol. The lowest BCUT2D eigenvalue weighted by Gasteiger charge is -2.05. The molecule has 2 N–H and O–H groups in total. The maximum absolute atomic E-state index is 12.2. The van der Waals surface area contributed by atoms with E-state index in [1.807, 2.05) is 42.5 Å². The Hall–Kier alpha value is -1.13. The fourth-order valence-electron chi connectivity index (χ4n) is 1.54. The molecule has 2 rings (SSSR count). The Labute approximate surface area is 111 Å². The summed E-state index contributed by atoms with van der Waals surface area (Å²) in [6.45, 7) is 0. The van der Waals surface area contributed by atoms with Gasteiger partial charge in [-0.25, -0.2) is 0 Å². The summed E-state index contributed by atoms with van der Waals surface area (Å²) in [4.78, 5) is 0.701. The number of hydrogen-bond donors (Lipinski definition) is 1. The number of nitrogen functional groups attached to an aromatic ring is 1. The molecule has 0 saturated heterocycles. The molecule has 0 bridgehead atoms. The summed E-state index contributed by atoms with van der Waals surface area (Å²) in [7, 11) is -1.10. The highest BCUT2D eigenvalue weighted by Crippen LogP contribution is 2.20. The monoisotopic (exact) mass is 309 g/mol. The lowest BCUT2D eigenvalue weighted by molar-refractivity contribution is 0.683. The summed E-state index contributed by atoms with van der Waals surface area (Å²) in [5, 5.41) is 0. The molecule has 0 aromatic heterocycles. The summed E-state index contributed by atoms with van der Waals surface area (Å²) in [6, 6.07) is 15.1. The Morgan fingerprint density at radius 2 is 1.88 bits per heavy atom. The third kappa shape index (κ3) is 3.17. The third-order valence-corrected chi connectivity index (χ3v) is 4.30. The molecule has 0 saturated carbocycles. The second-order valence-electron chi connectivity index (χ2n) is 3.66. The molecule has 17 heavy (non-hydrogen) atoms. The lowest BCUT2D eigenvalue weighted by atomic mass is 10.2. The highest BCUT2D eigenvalue weighted by molar-refractivity contribution is 9.10. The van der Waals surface area contributed by atoms with E-state index in [1.165, 1.54) is 0 Å². The maximum Gasteiger partial charge on any atom is 0.0620 e. The summed E-state index contributed by atoms with van der Waals surface area (Å²) in [5.74, 6) is 0.480. The quantitative estimate of drug-likeness (QED) is 0.884. The number of hydrogen-bond acceptors (Lipinski definition) is 2. The van der Waals surface area contributed by atoms with Gasteiger partial charge in [0.25, 0.3) is 0 Å². The normalized spacial score (nSPS) is 12.3. The Bertz CT molecular complexity index is 557. The van der Waals surface area contributed by atoms with E-state index >= 15 is 0 Å². The summed E-state index contributed by atoms with van der Waals surface area (Å²) >= 11 is 3.40. The van der Waals surface area contributed by atoms with Gasteiger partial charge in [-0.1, -0.05) is 40.2 Å². The molecule has 0 fully saturated rings. The number of benzene rings is 2. The van der Waals surface area contributed by atoms with Gasteiger partial charge in [-0.2, -0.15) is 0 Å². The van der Waals surface area contributed by atoms with E-state index in [0.29, 0.717) is 16.3 Å². The number of anilines is 1. The van der Waals surface area contributed by atoms with Gasteiger partial charge in [0.1, 0.15) is 0 Å². The molecule has 2 nitrogen and oxygen atoms in total. The van der Waals surface area contributed by atoms with Crippen LogP contribution in [0.2, 0.25) is 0 Å². The topological polar surface area (TPSA) is 43.1 Å². The van der Waals surface area contributed by atoms with Crippen molar-refractivity contribution in [3.8, 4) is 0 Å². The molecule has 0 heterocycles. The fourth-order valence-corrected chi connectivity index (χ4v) is 3.19. The van der Waals surface area contributed by atoms with E-state index in [1.54, 1.807) is 6.07 Å². The Kier molecular flexibility index (Phi) is 3.97. The molecule has 2 aromatic rings. The molecule has 0 aliphatic heterocycles. The van der Waals surface area contributed by atoms with Gasteiger partial charge >= 0.3 is 0 Å². The zero-order valence-electron chi connectivity index (χ0n) is 9.10. The van der Waals surface area contributed by atoms with Crippen molar-refractivity contribution < 1.29 is 4.21 Å². The standard InChI is InChI=1S/C13H12BrNOS/c14-11-5-3-4-10(8-11)9-17(16)13-7-2-1-6-12(13)15/h1-8H,9,15H2. The predicted octanol–water partition coefficient (Wildman–Crippen LogP) is 3.34. The number of rotatable bonds is 3. The molecule has 0 aliphatic rings. The molecule has 0 spiro atoms. The van der Waals surface area contributed by atoms with Crippen LogP contribution in [0.25, 0.3) is 0 Å². The van der Waals surface area contributed by atoms with E-state index in [9.17, 15) is 4.21 Å². The minimum atomic E-state index is -1.10. The number of nitrogens with two attached hydrogens (primary N) is 1. The molecule has 4 heteroatoms. The molecule has 2 aromatic carbocycles. The molecule has 0 amide bonds. The van der Waals surface area contributed by atoms with Gasteiger partial charge in [-0.15, -0.1) is 0 Å². The van der Waals surface area contributed by atoms with Crippen LogP contribution in [0.15, 0.2) is 57.9 Å². The van der Waals surface area contributed by atoms with Crippen molar-refractivity contribution in [2.24, 2.45) is 0 Å². The van der Waals surface area contributed by atoms with Crippen molar-refractivity contribution in [1.29, 1.82) is 0 Å². The van der Waals surface area contributed by atoms with Crippen LogP contribution < -0.4 is 5.73 Å². The van der Waals surface area contributed by atoms with Crippen LogP contribution in [0.5, 0.6) is 0 Å². The van der Waals surface area contributed by atoms with Gasteiger partial charge < -0.3 is 5.73 Å². The molecule has 1 atom stereocenters. The summed E-state index contributed by atoms with van der Waals surface area (Å²) in [5.41, 5.74) is 7.42. The average molecular weight is 310 g/mol. The Morgan fingerprint density at radius 1 is 1.12 bits per heavy atom. The SMILES string of the molecule is Nc1ccccc1S(=O)Cc1cccc(Br)c1. The molecule has 0 aliphatic carbocycles. The lowest BCUT2D eigenvalue weighted by Crippen LogP contribution is -2.00. The van der Waals surface area contributed by atoms with Crippen LogP contribution >= 0.6 is 15.9 Å². The molecule has 0 radical (unpaired) electrons. The Morgan fingerprint density at radius 3 is 2.59 bits per heavy atom. The Balaban J connectivity index is 2.20. The van der Waals surface area contributed by atoms with E-state index in [4.69, 9.17) is 5.73 Å². The first-order valence-corrected chi connectivity index (χ1v) is 7.25. The summed E-state index contributed by atoms with van der Waals surface area (Å²) < 4.78 is 13.2. The minimum Gasteiger partial charge on any atom is -0.398 e. The van der Waals surface area contributed by atoms with Gasteiger partial charge in [0.2, 0.25) is 0 Å². The van der Waals surface area contributed by atoms with Gasteiger partial charge in [-0.3, -0.25) is 4.21 Å². The molecular formula is C13H12BrNOS. The first-order chi connectivity index (χ1) is 8.16. The molecule has 1 unspecified atom stereocenters. The zero-order valence-corrected chi connectivity index (χ0v) is 11.5. The van der Waals surface area contributed by atoms with Crippen LogP contribution in [0.1, 0.15) is 5.56 Å². The van der Waals surface area contributed by atoms with Gasteiger partial charge in [0.15, 0.2) is 0 Å². The van der Waals surface area contributed by atoms with Crippen molar-refractivity contribution in [3.05, 3.63) is 58.6 Å². The van der Waals surface area contributed by atoms with Crippen molar-refractivity contribution in [2.45, 2.75) is 10.6 Å². The summed E-state index contributed by atoms with van der Waals surface area (Å²) in [6.07, 6.45) is 0. The highest BCUT2D eigenvalue weighted by atomic mass is 79.9. The largest absolute Gasteiger partial charge is 0.398 e. The number of halogens is 1. The number of para-hydroxylation sites is 1. The molecule has 88 valence electrons. The second kappa shape index (κ2) is 5.47. The van der Waals surface area contributed by atoms with Crippen molar-refractivity contribution in [1.82, 2.24) is 0 Å². The highest BCUT2D eigenvalue weighted by Gasteiger charge is 2.08. The van der Waals surface area contributed by atoms with Crippen molar-refractivity contribution in [2.75, 3.05) is 5.73 Å². The van der Waals surface area contributed by atoms with Gasteiger partial charge in [0.05, 0.1) is 21.4 Å². The van der Waals surface area contributed by atoms with E-state index < -0.39 is 10.8 Å². The van der Waals surface area contributed by atoms with Crippen molar-refractivity contribution >= 4 is 32.4 Å². The van der Waals surface area contributed by atoms with E-state index in [-0.39, 0.29) is 0 Å². The van der Waals surface area contributed by atoms with Crippen LogP contribution in [0.4, 0.5) is 5.69 Å². The molecular weight excluding hydrogens is 298 g/mol. The van der Waals surface area contributed by atoms with E-state index in [0.717, 1.165) is 10.0 Å². The van der Waals surface area contributed by atoms with Crippen LogP contribution in [0, 0.1) is 0 Å². The van der Waals surface area contributed by atoms with E-state index in [2.05, 4.69) is 15.9 Å². The average Bonchev–Trinajstić information content (AvgIpc) is 2.29. The smallest absolute Gasteiger partial charge is 0.0620 e. The minimum absolute atomic E-state index is 0.480. The van der Waals surface area contributed by atoms with Gasteiger partial charge in [-0.05, 0) is 29.8 Å². The fraction of sp³-hybridized carbons (Fsp3) is 0.0769. The first-order valence-electron chi connectivity index (χ1n) is 5.14. The second-order valence-corrected chi connectivity index (χ2v) is 5.99. The van der Waals surface area contributed by atoms with Gasteiger partial charge in [0, 0.05) is 10.2 Å².